The summed E-state index contributed by atoms with van der Waals surface area (Å²) in [5, 5.41) is 27.7. The first-order chi connectivity index (χ1) is 45.0. The Morgan fingerprint density at radius 3 is 0.934 bits per heavy atom. The van der Waals surface area contributed by atoms with Gasteiger partial charge < -0.3 is 13.7 Å². The van der Waals surface area contributed by atoms with Gasteiger partial charge in [0, 0.05) is 71.5 Å². The second kappa shape index (κ2) is 21.6. The van der Waals surface area contributed by atoms with Crippen molar-refractivity contribution in [1.29, 1.82) is 10.5 Å². The maximum Gasteiger partial charge on any atom is 0.164 e. The predicted octanol–water partition coefficient (Wildman–Crippen LogP) is 20.6. The van der Waals surface area contributed by atoms with E-state index in [0.717, 1.165) is 122 Å². The number of nitriles is 2. The van der Waals surface area contributed by atoms with Gasteiger partial charge in [0.15, 0.2) is 17.5 Å². The molecule has 91 heavy (non-hydrogen) atoms. The van der Waals surface area contributed by atoms with Crippen LogP contribution < -0.4 is 0 Å². The first kappa shape index (κ1) is 52.6. The van der Waals surface area contributed by atoms with Crippen LogP contribution in [0.15, 0.2) is 303 Å². The summed E-state index contributed by atoms with van der Waals surface area (Å²) in [5.41, 5.74) is 20.5. The number of fused-ring (bicyclic) bond motifs is 9. The molecule has 17 rings (SSSR count). The first-order valence-electron chi connectivity index (χ1n) is 30.4. The number of hydrogen-bond donors (Lipinski definition) is 0. The number of para-hydroxylation sites is 4. The molecule has 0 unspecified atom stereocenters. The van der Waals surface area contributed by atoms with E-state index in [-0.39, 0.29) is 0 Å². The molecule has 0 atom stereocenters. The van der Waals surface area contributed by atoms with E-state index >= 15 is 0 Å². The Morgan fingerprint density at radius 2 is 0.549 bits per heavy atom. The lowest BCUT2D eigenvalue weighted by Gasteiger charge is -2.22. The van der Waals surface area contributed by atoms with Crippen LogP contribution in [-0.4, -0.2) is 28.7 Å². The summed E-state index contributed by atoms with van der Waals surface area (Å²) < 4.78 is 7.13. The molecule has 0 aliphatic rings. The van der Waals surface area contributed by atoms with Crippen molar-refractivity contribution in [2.24, 2.45) is 0 Å². The average Bonchev–Trinajstić information content (AvgIpc) is 1.65. The van der Waals surface area contributed by atoms with E-state index in [0.29, 0.717) is 28.6 Å². The van der Waals surface area contributed by atoms with Crippen molar-refractivity contribution in [3.8, 4) is 108 Å². The second-order valence-electron chi connectivity index (χ2n) is 22.9. The molecule has 0 spiro atoms. The predicted molar refractivity (Wildman–Crippen MR) is 370 cm³/mol. The zero-order valence-corrected chi connectivity index (χ0v) is 48.9. The fraction of sp³-hybridized carbons (Fsp3) is 0. The molecule has 0 bridgehead atoms. The highest BCUT2D eigenvalue weighted by molar-refractivity contribution is 6.14. The van der Waals surface area contributed by atoms with Crippen LogP contribution in [0.4, 0.5) is 0 Å². The summed E-state index contributed by atoms with van der Waals surface area (Å²) in [5.74, 6) is 1.65. The van der Waals surface area contributed by atoms with Gasteiger partial charge in [-0.1, -0.05) is 206 Å². The molecule has 17 aromatic rings. The smallest absolute Gasteiger partial charge is 0.164 e. The maximum atomic E-state index is 10.5. The van der Waals surface area contributed by atoms with Crippen molar-refractivity contribution >= 4 is 65.4 Å². The monoisotopic (exact) mass is 1160 g/mol. The van der Waals surface area contributed by atoms with Gasteiger partial charge in [0.1, 0.15) is 0 Å². The third kappa shape index (κ3) is 8.78. The van der Waals surface area contributed by atoms with Gasteiger partial charge in [-0.05, 0) is 130 Å². The van der Waals surface area contributed by atoms with E-state index in [4.69, 9.17) is 15.0 Å². The lowest BCUT2D eigenvalue weighted by atomic mass is 9.92. The summed E-state index contributed by atoms with van der Waals surface area (Å²) in [6, 6.07) is 111. The molecule has 0 amide bonds. The molecule has 0 saturated carbocycles. The van der Waals surface area contributed by atoms with Crippen LogP contribution in [0.1, 0.15) is 11.1 Å². The van der Waals surface area contributed by atoms with Crippen LogP contribution in [0.2, 0.25) is 0 Å². The maximum absolute atomic E-state index is 10.5. The SMILES string of the molecule is N#Cc1ccccc1-c1ccc2c(c1)c1cc(-c3ccccc3C#N)ccc1n2-c1c(-c2ccc(-n3c4ccccc4c4ccccc43)cc2)cc(-c2nc(-c3ccccc3)nc(-c3ccccc3)n2)cc1-c1ccc(-n2c3ccccc3c3ccccc32)cc1. The first-order valence-corrected chi connectivity index (χ1v) is 30.4. The topological polar surface area (TPSA) is 101 Å². The zero-order chi connectivity index (χ0) is 60.5. The van der Waals surface area contributed by atoms with Gasteiger partial charge in [-0.25, -0.2) is 15.0 Å². The summed E-state index contributed by atoms with van der Waals surface area (Å²) in [6.07, 6.45) is 0. The van der Waals surface area contributed by atoms with Gasteiger partial charge >= 0.3 is 0 Å². The van der Waals surface area contributed by atoms with Crippen LogP contribution in [0, 0.1) is 22.7 Å². The molecule has 4 heterocycles. The zero-order valence-electron chi connectivity index (χ0n) is 48.9. The largest absolute Gasteiger partial charge is 0.309 e. The molecular weight excluding hydrogens is 1110 g/mol. The van der Waals surface area contributed by atoms with Gasteiger partial charge in [-0.3, -0.25) is 0 Å². The van der Waals surface area contributed by atoms with Crippen LogP contribution >= 0.6 is 0 Å². The molecule has 8 nitrogen and oxygen atoms in total. The minimum Gasteiger partial charge on any atom is -0.309 e. The molecule has 0 N–H and O–H groups in total. The molecule has 422 valence electrons. The van der Waals surface area contributed by atoms with Crippen LogP contribution in [0.5, 0.6) is 0 Å². The Kier molecular flexibility index (Phi) is 12.5. The molecule has 0 aliphatic heterocycles. The van der Waals surface area contributed by atoms with Crippen molar-refractivity contribution in [3.05, 3.63) is 314 Å². The third-order valence-electron chi connectivity index (χ3n) is 17.8. The van der Waals surface area contributed by atoms with Gasteiger partial charge in [0.25, 0.3) is 0 Å². The number of benzene rings is 13. The Balaban J connectivity index is 0.984. The number of hydrogen-bond acceptors (Lipinski definition) is 5. The van der Waals surface area contributed by atoms with Crippen molar-refractivity contribution in [1.82, 2.24) is 28.7 Å². The quantitative estimate of drug-likeness (QED) is 0.136. The van der Waals surface area contributed by atoms with Crippen molar-refractivity contribution in [2.45, 2.75) is 0 Å². The number of rotatable bonds is 10. The molecule has 8 heteroatoms. The summed E-state index contributed by atoms with van der Waals surface area (Å²) >= 11 is 0. The molecule has 4 aromatic heterocycles. The fourth-order valence-electron chi connectivity index (χ4n) is 13.6. The molecule has 0 saturated heterocycles. The minimum absolute atomic E-state index is 0.523. The molecule has 13 aromatic carbocycles. The van der Waals surface area contributed by atoms with Gasteiger partial charge in [0.05, 0.1) is 62.1 Å². The highest BCUT2D eigenvalue weighted by atomic mass is 15.0. The van der Waals surface area contributed by atoms with E-state index in [1.165, 1.54) is 21.5 Å². The van der Waals surface area contributed by atoms with E-state index < -0.39 is 0 Å². The Bertz CT molecular complexity index is 5380. The number of aromatic nitrogens is 6. The normalized spacial score (nSPS) is 11.5. The fourth-order valence-corrected chi connectivity index (χ4v) is 13.6. The van der Waals surface area contributed by atoms with E-state index in [1.54, 1.807) is 0 Å². The summed E-state index contributed by atoms with van der Waals surface area (Å²) in [6.45, 7) is 0. The van der Waals surface area contributed by atoms with Crippen LogP contribution in [0.3, 0.4) is 0 Å². The van der Waals surface area contributed by atoms with Gasteiger partial charge in [0.2, 0.25) is 0 Å². The molecule has 0 radical (unpaired) electrons. The van der Waals surface area contributed by atoms with Crippen molar-refractivity contribution < 1.29 is 0 Å². The third-order valence-corrected chi connectivity index (χ3v) is 17.8. The lowest BCUT2D eigenvalue weighted by Crippen LogP contribution is -2.04. The van der Waals surface area contributed by atoms with Crippen molar-refractivity contribution in [2.75, 3.05) is 0 Å². The van der Waals surface area contributed by atoms with Crippen molar-refractivity contribution in [3.63, 3.8) is 0 Å². The Labute approximate surface area is 524 Å². The minimum atomic E-state index is 0.523. The molecule has 0 fully saturated rings. The number of nitrogens with zero attached hydrogens (tertiary/aromatic N) is 8. The van der Waals surface area contributed by atoms with Gasteiger partial charge in [-0.2, -0.15) is 10.5 Å². The van der Waals surface area contributed by atoms with E-state index in [9.17, 15) is 10.5 Å². The Morgan fingerprint density at radius 1 is 0.231 bits per heavy atom. The van der Waals surface area contributed by atoms with Crippen LogP contribution in [-0.2, 0) is 0 Å². The second-order valence-corrected chi connectivity index (χ2v) is 22.9. The molecule has 0 aliphatic carbocycles. The Hall–Kier alpha value is -12.8. The van der Waals surface area contributed by atoms with E-state index in [1.807, 2.05) is 109 Å². The standard InChI is InChI=1S/C83H50N8/c84-51-59-23-7-9-25-64(59)57-39-45-78-72(47-57)73-48-58(65-26-10-8-24-60(65)52-85)40-46-79(73)91(78)80-70(53-35-41-62(42-36-53)89-74-31-15-11-27-66(74)67-28-12-16-32-75(67)89)49-61(83-87-81(55-19-3-1-4-20-55)86-82(88-83)56-21-5-2-6-22-56)50-71(80)54-37-43-63(44-38-54)90-76-33-17-13-29-68(76)69-30-14-18-34-77(69)90/h1-50H. The average molecular weight is 1160 g/mol. The molecular formula is C83H50N8. The highest BCUT2D eigenvalue weighted by Crippen LogP contribution is 2.47. The van der Waals surface area contributed by atoms with Gasteiger partial charge in [-0.15, -0.1) is 0 Å². The van der Waals surface area contributed by atoms with Crippen LogP contribution in [0.25, 0.3) is 161 Å². The van der Waals surface area contributed by atoms with E-state index in [2.05, 4.69) is 220 Å². The lowest BCUT2D eigenvalue weighted by molar-refractivity contribution is 1.07. The highest BCUT2D eigenvalue weighted by Gasteiger charge is 2.26. The summed E-state index contributed by atoms with van der Waals surface area (Å²) in [4.78, 5) is 15.9. The summed E-state index contributed by atoms with van der Waals surface area (Å²) in [7, 11) is 0.